The molecule has 2 nitrogen and oxygen atoms in total. The molecule has 0 amide bonds. The number of hydrogen-bond acceptors (Lipinski definition) is 2. The third kappa shape index (κ3) is 4.97. The normalized spacial score (nSPS) is 11.5. The molecule has 96 valence electrons. The maximum Gasteiger partial charge on any atom is 0.390 e. The molecule has 0 saturated carbocycles. The number of nitrogens with two attached hydrogens (primary N) is 1. The molecule has 0 spiro atoms. The number of hydrogen-bond donors (Lipinski definition) is 1. The van der Waals surface area contributed by atoms with Crippen LogP contribution in [0.2, 0.25) is 0 Å². The van der Waals surface area contributed by atoms with Crippen LogP contribution in [-0.4, -0.2) is 19.3 Å². The number of alkyl halides is 3. The van der Waals surface area contributed by atoms with Gasteiger partial charge in [-0.1, -0.05) is 6.92 Å². The molecule has 0 aliphatic rings. The van der Waals surface area contributed by atoms with E-state index in [0.717, 1.165) is 12.1 Å². The minimum Gasteiger partial charge on any atom is -0.399 e. The third-order valence-electron chi connectivity index (χ3n) is 2.42. The summed E-state index contributed by atoms with van der Waals surface area (Å²) < 4.78 is 36.6. The van der Waals surface area contributed by atoms with Crippen LogP contribution in [0.3, 0.4) is 0 Å². The Labute approximate surface area is 99.2 Å². The predicted octanol–water partition coefficient (Wildman–Crippen LogP) is 3.44. The van der Waals surface area contributed by atoms with Crippen molar-refractivity contribution in [3.05, 3.63) is 24.3 Å². The summed E-state index contributed by atoms with van der Waals surface area (Å²) >= 11 is 0. The van der Waals surface area contributed by atoms with Crippen LogP contribution in [0.15, 0.2) is 24.3 Å². The first-order valence-corrected chi connectivity index (χ1v) is 5.59. The maximum atomic E-state index is 12.2. The standard InChI is InChI=1S/C12H17F3N2/c1-2-8-17(9-7-12(13,14)15)11-5-3-10(16)4-6-11/h3-6H,2,7-9,16H2,1H3. The minimum atomic E-state index is -4.11. The molecule has 0 aliphatic carbocycles. The van der Waals surface area contributed by atoms with E-state index in [2.05, 4.69) is 0 Å². The molecule has 2 N–H and O–H groups in total. The summed E-state index contributed by atoms with van der Waals surface area (Å²) in [4.78, 5) is 1.73. The van der Waals surface area contributed by atoms with Gasteiger partial charge in [0, 0.05) is 24.5 Å². The molecule has 0 atom stereocenters. The SMILES string of the molecule is CCCN(CCC(F)(F)F)c1ccc(N)cc1. The van der Waals surface area contributed by atoms with Gasteiger partial charge in [0.25, 0.3) is 0 Å². The Kier molecular flexibility index (Phi) is 4.66. The summed E-state index contributed by atoms with van der Waals surface area (Å²) in [5.74, 6) is 0. The van der Waals surface area contributed by atoms with Gasteiger partial charge in [0.2, 0.25) is 0 Å². The summed E-state index contributed by atoms with van der Waals surface area (Å²) in [6, 6.07) is 6.90. The van der Waals surface area contributed by atoms with E-state index in [1.807, 2.05) is 6.92 Å². The Morgan fingerprint density at radius 3 is 2.18 bits per heavy atom. The van der Waals surface area contributed by atoms with Crippen molar-refractivity contribution in [2.45, 2.75) is 25.9 Å². The minimum absolute atomic E-state index is 0.0126. The summed E-state index contributed by atoms with van der Waals surface area (Å²) in [7, 11) is 0. The molecule has 0 radical (unpaired) electrons. The second kappa shape index (κ2) is 5.80. The highest BCUT2D eigenvalue weighted by Crippen LogP contribution is 2.23. The van der Waals surface area contributed by atoms with Crippen LogP contribution in [0, 0.1) is 0 Å². The van der Waals surface area contributed by atoms with Crippen LogP contribution >= 0.6 is 0 Å². The van der Waals surface area contributed by atoms with Crippen LogP contribution < -0.4 is 10.6 Å². The van der Waals surface area contributed by atoms with Crippen molar-refractivity contribution in [2.75, 3.05) is 23.7 Å². The number of anilines is 2. The Bertz CT molecular complexity index is 333. The average Bonchev–Trinajstić information content (AvgIpc) is 2.24. The molecule has 0 unspecified atom stereocenters. The monoisotopic (exact) mass is 246 g/mol. The predicted molar refractivity (Wildman–Crippen MR) is 64.0 cm³/mol. The van der Waals surface area contributed by atoms with E-state index in [1.165, 1.54) is 0 Å². The molecule has 1 rings (SSSR count). The van der Waals surface area contributed by atoms with Crippen LogP contribution in [0.5, 0.6) is 0 Å². The van der Waals surface area contributed by atoms with Crippen LogP contribution in [0.1, 0.15) is 19.8 Å². The van der Waals surface area contributed by atoms with Crippen molar-refractivity contribution in [3.8, 4) is 0 Å². The lowest BCUT2D eigenvalue weighted by atomic mass is 10.2. The molecule has 5 heteroatoms. The smallest absolute Gasteiger partial charge is 0.390 e. The van der Waals surface area contributed by atoms with Crippen molar-refractivity contribution in [3.63, 3.8) is 0 Å². The fourth-order valence-corrected chi connectivity index (χ4v) is 1.59. The zero-order valence-electron chi connectivity index (χ0n) is 9.80. The summed E-state index contributed by atoms with van der Waals surface area (Å²) in [5, 5.41) is 0. The van der Waals surface area contributed by atoms with Gasteiger partial charge < -0.3 is 10.6 Å². The molecule has 1 aromatic carbocycles. The highest BCUT2D eigenvalue weighted by Gasteiger charge is 2.27. The quantitative estimate of drug-likeness (QED) is 0.806. The fraction of sp³-hybridized carbons (Fsp3) is 0.500. The summed E-state index contributed by atoms with van der Waals surface area (Å²) in [6.07, 6.45) is -4.10. The lowest BCUT2D eigenvalue weighted by Gasteiger charge is -2.25. The topological polar surface area (TPSA) is 29.3 Å². The molecule has 0 saturated heterocycles. The van der Waals surface area contributed by atoms with Gasteiger partial charge in [0.05, 0.1) is 6.42 Å². The van der Waals surface area contributed by atoms with Gasteiger partial charge in [-0.2, -0.15) is 13.2 Å². The first-order valence-electron chi connectivity index (χ1n) is 5.59. The zero-order chi connectivity index (χ0) is 12.9. The van der Waals surface area contributed by atoms with E-state index in [0.29, 0.717) is 12.2 Å². The van der Waals surface area contributed by atoms with E-state index < -0.39 is 12.6 Å². The van der Waals surface area contributed by atoms with Gasteiger partial charge in [0.15, 0.2) is 0 Å². The maximum absolute atomic E-state index is 12.2. The van der Waals surface area contributed by atoms with Crippen LogP contribution in [0.25, 0.3) is 0 Å². The first-order chi connectivity index (χ1) is 7.92. The third-order valence-corrected chi connectivity index (χ3v) is 2.42. The number of halogens is 3. The Hall–Kier alpha value is -1.39. The molecule has 0 bridgehead atoms. The van der Waals surface area contributed by atoms with Gasteiger partial charge in [0.1, 0.15) is 0 Å². The first kappa shape index (κ1) is 13.7. The molecule has 0 aromatic heterocycles. The lowest BCUT2D eigenvalue weighted by molar-refractivity contribution is -0.132. The van der Waals surface area contributed by atoms with Gasteiger partial charge in [-0.05, 0) is 30.7 Å². The number of benzene rings is 1. The lowest BCUT2D eigenvalue weighted by Crippen LogP contribution is -2.28. The molecule has 17 heavy (non-hydrogen) atoms. The molecular formula is C12H17F3N2. The highest BCUT2D eigenvalue weighted by atomic mass is 19.4. The molecular weight excluding hydrogens is 229 g/mol. The highest BCUT2D eigenvalue weighted by molar-refractivity contribution is 5.53. The van der Waals surface area contributed by atoms with Crippen molar-refractivity contribution < 1.29 is 13.2 Å². The van der Waals surface area contributed by atoms with E-state index in [1.54, 1.807) is 29.2 Å². The average molecular weight is 246 g/mol. The van der Waals surface area contributed by atoms with Gasteiger partial charge in [-0.3, -0.25) is 0 Å². The molecule has 0 fully saturated rings. The van der Waals surface area contributed by atoms with Crippen molar-refractivity contribution in [1.29, 1.82) is 0 Å². The van der Waals surface area contributed by atoms with Crippen LogP contribution in [0.4, 0.5) is 24.5 Å². The molecule has 0 aliphatic heterocycles. The van der Waals surface area contributed by atoms with Gasteiger partial charge in [-0.25, -0.2) is 0 Å². The van der Waals surface area contributed by atoms with E-state index in [9.17, 15) is 13.2 Å². The zero-order valence-corrected chi connectivity index (χ0v) is 9.80. The Morgan fingerprint density at radius 1 is 1.12 bits per heavy atom. The van der Waals surface area contributed by atoms with E-state index in [4.69, 9.17) is 5.73 Å². The second-order valence-electron chi connectivity index (χ2n) is 3.94. The Balaban J connectivity index is 2.68. The van der Waals surface area contributed by atoms with Gasteiger partial charge in [-0.15, -0.1) is 0 Å². The second-order valence-corrected chi connectivity index (χ2v) is 3.94. The van der Waals surface area contributed by atoms with Crippen molar-refractivity contribution >= 4 is 11.4 Å². The molecule has 0 heterocycles. The number of rotatable bonds is 5. The Morgan fingerprint density at radius 2 is 1.71 bits per heavy atom. The van der Waals surface area contributed by atoms with Gasteiger partial charge >= 0.3 is 6.18 Å². The largest absolute Gasteiger partial charge is 0.399 e. The number of nitrogens with zero attached hydrogens (tertiary/aromatic N) is 1. The fourth-order valence-electron chi connectivity index (χ4n) is 1.59. The van der Waals surface area contributed by atoms with E-state index in [-0.39, 0.29) is 6.54 Å². The van der Waals surface area contributed by atoms with Crippen LogP contribution in [-0.2, 0) is 0 Å². The summed E-state index contributed by atoms with van der Waals surface area (Å²) in [6.45, 7) is 2.54. The number of nitrogen functional groups attached to an aromatic ring is 1. The van der Waals surface area contributed by atoms with E-state index >= 15 is 0 Å². The van der Waals surface area contributed by atoms with Crippen molar-refractivity contribution in [1.82, 2.24) is 0 Å². The van der Waals surface area contributed by atoms with Crippen molar-refractivity contribution in [2.24, 2.45) is 0 Å². The molecule has 1 aromatic rings. The summed E-state index contributed by atoms with van der Waals surface area (Å²) in [5.41, 5.74) is 6.94.